The topological polar surface area (TPSA) is 101 Å². The molecule has 3 rings (SSSR count). The van der Waals surface area contributed by atoms with Gasteiger partial charge in [-0.1, -0.05) is 13.0 Å². The van der Waals surface area contributed by atoms with E-state index in [0.29, 0.717) is 6.42 Å². The molecule has 1 aromatic rings. The summed E-state index contributed by atoms with van der Waals surface area (Å²) in [5, 5.41) is 11.1. The smallest absolute Gasteiger partial charge is 0.282 e. The minimum absolute atomic E-state index is 0.00802. The van der Waals surface area contributed by atoms with Gasteiger partial charge in [0.15, 0.2) is 0 Å². The number of amides is 3. The molecule has 8 heteroatoms. The predicted octanol–water partition coefficient (Wildman–Crippen LogP) is 1.20. The minimum Gasteiger partial charge on any atom is -0.338 e. The van der Waals surface area contributed by atoms with E-state index < -0.39 is 22.8 Å². The molecular weight excluding hydrogens is 302 g/mol. The van der Waals surface area contributed by atoms with E-state index in [2.05, 4.69) is 0 Å². The highest BCUT2D eigenvalue weighted by Crippen LogP contribution is 2.33. The van der Waals surface area contributed by atoms with Crippen molar-refractivity contribution in [1.29, 1.82) is 0 Å². The van der Waals surface area contributed by atoms with E-state index in [0.717, 1.165) is 11.3 Å². The summed E-state index contributed by atoms with van der Waals surface area (Å²) in [6.45, 7) is 2.48. The molecule has 0 radical (unpaired) electrons. The van der Waals surface area contributed by atoms with Gasteiger partial charge in [-0.15, -0.1) is 0 Å². The van der Waals surface area contributed by atoms with E-state index in [1.54, 1.807) is 4.90 Å². The zero-order valence-corrected chi connectivity index (χ0v) is 12.5. The first-order valence-electron chi connectivity index (χ1n) is 7.38. The van der Waals surface area contributed by atoms with Crippen LogP contribution in [0.3, 0.4) is 0 Å². The number of likely N-dealkylation sites (tertiary alicyclic amines) is 1. The van der Waals surface area contributed by atoms with Gasteiger partial charge in [0.25, 0.3) is 17.5 Å². The first-order chi connectivity index (χ1) is 11.0. The summed E-state index contributed by atoms with van der Waals surface area (Å²) < 4.78 is 0. The summed E-state index contributed by atoms with van der Waals surface area (Å²) in [5.74, 6) is -1.18. The number of carbonyl (C=O) groups is 3. The number of hydrogen-bond acceptors (Lipinski definition) is 5. The fourth-order valence-corrected chi connectivity index (χ4v) is 2.96. The molecule has 0 aliphatic carbocycles. The van der Waals surface area contributed by atoms with Gasteiger partial charge in [0.2, 0.25) is 5.91 Å². The van der Waals surface area contributed by atoms with E-state index in [1.165, 1.54) is 18.2 Å². The average Bonchev–Trinajstić information content (AvgIpc) is 2.71. The quantitative estimate of drug-likeness (QED) is 0.472. The highest BCUT2D eigenvalue weighted by Gasteiger charge is 2.48. The number of nitro benzene ring substituents is 1. The second-order valence-corrected chi connectivity index (χ2v) is 5.64. The third-order valence-electron chi connectivity index (χ3n) is 4.17. The molecule has 2 heterocycles. The number of carbonyl (C=O) groups excluding carboxylic acids is 3. The SMILES string of the molecule is CCCC(=O)N1CC(N2C(=O)c3cccc([N+](=O)[O-])c3C2=O)C1. The zero-order valence-electron chi connectivity index (χ0n) is 12.5. The molecule has 1 fully saturated rings. The van der Waals surface area contributed by atoms with Crippen molar-refractivity contribution in [3.8, 4) is 0 Å². The highest BCUT2D eigenvalue weighted by atomic mass is 16.6. The average molecular weight is 317 g/mol. The molecule has 3 amide bonds. The Morgan fingerprint density at radius 3 is 2.61 bits per heavy atom. The van der Waals surface area contributed by atoms with E-state index in [-0.39, 0.29) is 35.8 Å². The molecule has 0 atom stereocenters. The van der Waals surface area contributed by atoms with Crippen molar-refractivity contribution in [2.75, 3.05) is 13.1 Å². The van der Waals surface area contributed by atoms with Gasteiger partial charge >= 0.3 is 0 Å². The van der Waals surface area contributed by atoms with Crippen LogP contribution >= 0.6 is 0 Å². The van der Waals surface area contributed by atoms with Crippen molar-refractivity contribution in [3.63, 3.8) is 0 Å². The molecule has 8 nitrogen and oxygen atoms in total. The van der Waals surface area contributed by atoms with Crippen LogP contribution in [-0.2, 0) is 4.79 Å². The fraction of sp³-hybridized carbons (Fsp3) is 0.400. The van der Waals surface area contributed by atoms with Crippen LogP contribution in [0.5, 0.6) is 0 Å². The molecule has 2 aliphatic heterocycles. The summed E-state index contributed by atoms with van der Waals surface area (Å²) in [7, 11) is 0. The molecule has 120 valence electrons. The second kappa shape index (κ2) is 5.45. The van der Waals surface area contributed by atoms with Crippen LogP contribution in [0.4, 0.5) is 5.69 Å². The van der Waals surface area contributed by atoms with Gasteiger partial charge in [-0.05, 0) is 12.5 Å². The van der Waals surface area contributed by atoms with Crippen molar-refractivity contribution >= 4 is 23.4 Å². The minimum atomic E-state index is -0.661. The standard InChI is InChI=1S/C15H15N3O5/c1-2-4-12(19)16-7-9(8-16)17-14(20)10-5-3-6-11(18(22)23)13(10)15(17)21/h3,5-6,9H,2,4,7-8H2,1H3. The van der Waals surface area contributed by atoms with Crippen LogP contribution in [0.25, 0.3) is 0 Å². The van der Waals surface area contributed by atoms with E-state index in [1.807, 2.05) is 6.92 Å². The molecule has 0 N–H and O–H groups in total. The Balaban J connectivity index is 1.81. The number of rotatable bonds is 4. The Morgan fingerprint density at radius 1 is 1.30 bits per heavy atom. The molecule has 1 aromatic carbocycles. The molecule has 0 unspecified atom stereocenters. The monoisotopic (exact) mass is 317 g/mol. The van der Waals surface area contributed by atoms with Crippen molar-refractivity contribution in [2.24, 2.45) is 0 Å². The third-order valence-corrected chi connectivity index (χ3v) is 4.17. The van der Waals surface area contributed by atoms with Gasteiger partial charge in [-0.2, -0.15) is 0 Å². The van der Waals surface area contributed by atoms with Crippen LogP contribution in [0.15, 0.2) is 18.2 Å². The first kappa shape index (κ1) is 15.1. The maximum atomic E-state index is 12.5. The lowest BCUT2D eigenvalue weighted by Gasteiger charge is -2.42. The van der Waals surface area contributed by atoms with Gasteiger partial charge in [0.05, 0.1) is 16.5 Å². The Hall–Kier alpha value is -2.77. The summed E-state index contributed by atoms with van der Waals surface area (Å²) in [4.78, 5) is 49.7. The third kappa shape index (κ3) is 2.26. The number of hydrogen-bond donors (Lipinski definition) is 0. The van der Waals surface area contributed by atoms with Crippen LogP contribution in [0.1, 0.15) is 40.5 Å². The normalized spacial score (nSPS) is 17.3. The van der Waals surface area contributed by atoms with Gasteiger partial charge < -0.3 is 4.90 Å². The van der Waals surface area contributed by atoms with E-state index >= 15 is 0 Å². The van der Waals surface area contributed by atoms with Gasteiger partial charge in [0, 0.05) is 25.6 Å². The molecule has 0 spiro atoms. The fourth-order valence-electron chi connectivity index (χ4n) is 2.96. The molecular formula is C15H15N3O5. The largest absolute Gasteiger partial charge is 0.338 e. The Kier molecular flexibility index (Phi) is 3.59. The summed E-state index contributed by atoms with van der Waals surface area (Å²) in [5.41, 5.74) is -0.454. The van der Waals surface area contributed by atoms with E-state index in [9.17, 15) is 24.5 Å². The lowest BCUT2D eigenvalue weighted by atomic mass is 10.1. The van der Waals surface area contributed by atoms with Crippen molar-refractivity contribution in [1.82, 2.24) is 9.80 Å². The Morgan fingerprint density at radius 2 is 2.00 bits per heavy atom. The summed E-state index contributed by atoms with van der Waals surface area (Å²) >= 11 is 0. The zero-order chi connectivity index (χ0) is 16.7. The Labute approximate surface area is 131 Å². The number of fused-ring (bicyclic) bond motifs is 1. The number of benzene rings is 1. The van der Waals surface area contributed by atoms with Crippen LogP contribution in [-0.4, -0.2) is 51.6 Å². The maximum Gasteiger partial charge on any atom is 0.282 e. The molecule has 0 saturated carbocycles. The maximum absolute atomic E-state index is 12.5. The van der Waals surface area contributed by atoms with Crippen molar-refractivity contribution in [2.45, 2.75) is 25.8 Å². The molecule has 1 saturated heterocycles. The van der Waals surface area contributed by atoms with Gasteiger partial charge in [0.1, 0.15) is 5.56 Å². The molecule has 2 aliphatic rings. The van der Waals surface area contributed by atoms with Crippen LogP contribution < -0.4 is 0 Å². The summed E-state index contributed by atoms with van der Waals surface area (Å²) in [6, 6.07) is 3.61. The van der Waals surface area contributed by atoms with Crippen molar-refractivity contribution in [3.05, 3.63) is 39.4 Å². The second-order valence-electron chi connectivity index (χ2n) is 5.64. The molecule has 0 aromatic heterocycles. The lowest BCUT2D eigenvalue weighted by Crippen LogP contribution is -2.62. The van der Waals surface area contributed by atoms with Gasteiger partial charge in [-0.25, -0.2) is 0 Å². The summed E-state index contributed by atoms with van der Waals surface area (Å²) in [6.07, 6.45) is 1.17. The van der Waals surface area contributed by atoms with Crippen LogP contribution in [0, 0.1) is 10.1 Å². The first-order valence-corrected chi connectivity index (χ1v) is 7.38. The molecule has 23 heavy (non-hydrogen) atoms. The van der Waals surface area contributed by atoms with Crippen molar-refractivity contribution < 1.29 is 19.3 Å². The Bertz CT molecular complexity index is 724. The lowest BCUT2D eigenvalue weighted by molar-refractivity contribution is -0.385. The van der Waals surface area contributed by atoms with Gasteiger partial charge in [-0.3, -0.25) is 29.4 Å². The number of imide groups is 1. The number of nitro groups is 1. The molecule has 0 bridgehead atoms. The van der Waals surface area contributed by atoms with E-state index in [4.69, 9.17) is 0 Å². The predicted molar refractivity (Wildman–Crippen MR) is 78.9 cm³/mol. The number of nitrogens with zero attached hydrogens (tertiary/aromatic N) is 3. The van der Waals surface area contributed by atoms with Crippen LogP contribution in [0.2, 0.25) is 0 Å². The highest BCUT2D eigenvalue weighted by molar-refractivity contribution is 6.23.